The number of anilines is 1. The molecule has 0 saturated carbocycles. The van der Waals surface area contributed by atoms with Crippen LogP contribution in [0.1, 0.15) is 17.3 Å². The van der Waals surface area contributed by atoms with Gasteiger partial charge in [-0.05, 0) is 37.3 Å². The minimum absolute atomic E-state index is 0.116. The summed E-state index contributed by atoms with van der Waals surface area (Å²) in [7, 11) is 4.84. The van der Waals surface area contributed by atoms with E-state index in [-0.39, 0.29) is 17.6 Å². The Morgan fingerprint density at radius 1 is 1.27 bits per heavy atom. The quantitative estimate of drug-likeness (QED) is 0.549. The number of aromatic nitrogens is 3. The molecule has 2 amide bonds. The zero-order valence-electron chi connectivity index (χ0n) is 17.2. The zero-order chi connectivity index (χ0) is 21.7. The fourth-order valence-electron chi connectivity index (χ4n) is 2.78. The molecule has 3 aromatic rings. The van der Waals surface area contributed by atoms with Gasteiger partial charge >= 0.3 is 0 Å². The van der Waals surface area contributed by atoms with Crippen molar-refractivity contribution in [3.05, 3.63) is 42.2 Å². The van der Waals surface area contributed by atoms with E-state index >= 15 is 0 Å². The first-order valence-electron chi connectivity index (χ1n) is 9.24. The number of carbonyl (C=O) groups is 2. The topological polar surface area (TPSA) is 102 Å². The number of nitrogens with one attached hydrogen (secondary N) is 1. The maximum absolute atomic E-state index is 12.5. The molecular weight excluding hydrogens is 406 g/mol. The summed E-state index contributed by atoms with van der Waals surface area (Å²) in [5.41, 5.74) is 0.890. The Hall–Kier alpha value is -3.27. The van der Waals surface area contributed by atoms with Gasteiger partial charge in [-0.15, -0.1) is 10.2 Å². The lowest BCUT2D eigenvalue weighted by Crippen LogP contribution is -2.22. The van der Waals surface area contributed by atoms with E-state index in [0.29, 0.717) is 40.3 Å². The molecule has 0 radical (unpaired) electrons. The molecule has 2 heterocycles. The third-order valence-corrected chi connectivity index (χ3v) is 5.20. The maximum atomic E-state index is 12.5. The zero-order valence-corrected chi connectivity index (χ0v) is 18.0. The molecule has 0 bridgehead atoms. The summed E-state index contributed by atoms with van der Waals surface area (Å²) >= 11 is 1.27. The van der Waals surface area contributed by atoms with E-state index in [4.69, 9.17) is 9.15 Å². The van der Waals surface area contributed by atoms with Gasteiger partial charge in [0.05, 0.1) is 24.8 Å². The van der Waals surface area contributed by atoms with Gasteiger partial charge < -0.3 is 19.4 Å². The normalized spacial score (nSPS) is 10.7. The number of benzene rings is 1. The largest absolute Gasteiger partial charge is 0.495 e. The van der Waals surface area contributed by atoms with Crippen molar-refractivity contribution in [3.63, 3.8) is 0 Å². The number of hydrogen-bond acceptors (Lipinski definition) is 7. The summed E-state index contributed by atoms with van der Waals surface area (Å²) in [4.78, 5) is 26.2. The molecule has 10 heteroatoms. The van der Waals surface area contributed by atoms with Gasteiger partial charge in [-0.2, -0.15) is 0 Å². The molecule has 9 nitrogen and oxygen atoms in total. The van der Waals surface area contributed by atoms with Crippen LogP contribution in [-0.4, -0.2) is 58.4 Å². The molecule has 3 rings (SSSR count). The molecule has 0 spiro atoms. The van der Waals surface area contributed by atoms with Gasteiger partial charge in [0.1, 0.15) is 5.75 Å². The smallest absolute Gasteiger partial charge is 0.253 e. The summed E-state index contributed by atoms with van der Waals surface area (Å²) in [6, 6.07) is 8.51. The fourth-order valence-corrected chi connectivity index (χ4v) is 3.58. The van der Waals surface area contributed by atoms with E-state index in [9.17, 15) is 9.59 Å². The highest BCUT2D eigenvalue weighted by Gasteiger charge is 2.18. The van der Waals surface area contributed by atoms with Gasteiger partial charge in [0, 0.05) is 26.2 Å². The Morgan fingerprint density at radius 2 is 2.07 bits per heavy atom. The van der Waals surface area contributed by atoms with E-state index in [1.807, 2.05) is 17.6 Å². The summed E-state index contributed by atoms with van der Waals surface area (Å²) in [5.74, 6) is 1.41. The van der Waals surface area contributed by atoms with Gasteiger partial charge in [-0.25, -0.2) is 0 Å². The van der Waals surface area contributed by atoms with Crippen molar-refractivity contribution in [1.29, 1.82) is 0 Å². The van der Waals surface area contributed by atoms with Gasteiger partial charge in [-0.3, -0.25) is 14.2 Å². The Labute approximate surface area is 178 Å². The van der Waals surface area contributed by atoms with Crippen molar-refractivity contribution < 1.29 is 18.7 Å². The number of nitrogens with zero attached hydrogens (tertiary/aromatic N) is 4. The van der Waals surface area contributed by atoms with Crippen molar-refractivity contribution in [2.75, 3.05) is 32.3 Å². The molecule has 0 aliphatic carbocycles. The summed E-state index contributed by atoms with van der Waals surface area (Å²) < 4.78 is 12.6. The van der Waals surface area contributed by atoms with Crippen LogP contribution in [0.2, 0.25) is 0 Å². The van der Waals surface area contributed by atoms with Crippen LogP contribution in [0.4, 0.5) is 5.69 Å². The second kappa shape index (κ2) is 9.49. The fraction of sp³-hybridized carbons (Fsp3) is 0.300. The van der Waals surface area contributed by atoms with Gasteiger partial charge in [0.25, 0.3) is 5.91 Å². The second-order valence-electron chi connectivity index (χ2n) is 6.48. The standard InChI is InChI=1S/C20H23N5O4S/c1-5-25-18(16-7-6-10-29-16)22-23-20(25)30-12-17(26)21-14-11-13(19(27)24(2)3)8-9-15(14)28-4/h6-11H,5,12H2,1-4H3,(H,21,26). The predicted molar refractivity (Wildman–Crippen MR) is 114 cm³/mol. The Balaban J connectivity index is 1.71. The number of carbonyl (C=O) groups excluding carboxylic acids is 2. The second-order valence-corrected chi connectivity index (χ2v) is 7.42. The number of methoxy groups -OCH3 is 1. The molecule has 0 saturated heterocycles. The van der Waals surface area contributed by atoms with Crippen molar-refractivity contribution in [1.82, 2.24) is 19.7 Å². The van der Waals surface area contributed by atoms with Gasteiger partial charge in [0.15, 0.2) is 16.7 Å². The number of thioether (sulfide) groups is 1. The third-order valence-electron chi connectivity index (χ3n) is 4.23. The molecule has 0 aliphatic heterocycles. The van der Waals surface area contributed by atoms with Crippen LogP contribution >= 0.6 is 11.8 Å². The molecule has 0 atom stereocenters. The van der Waals surface area contributed by atoms with Gasteiger partial charge in [0.2, 0.25) is 5.91 Å². The average Bonchev–Trinajstić information content (AvgIpc) is 3.40. The minimum Gasteiger partial charge on any atom is -0.495 e. The van der Waals surface area contributed by atoms with Crippen LogP contribution in [0.15, 0.2) is 46.2 Å². The SMILES string of the molecule is CCn1c(SCC(=O)Nc2cc(C(=O)N(C)C)ccc2OC)nnc1-c1ccco1. The molecule has 0 fully saturated rings. The number of amides is 2. The number of furan rings is 1. The van der Waals surface area contributed by atoms with E-state index in [0.717, 1.165) is 0 Å². The summed E-state index contributed by atoms with van der Waals surface area (Å²) in [5, 5.41) is 11.8. The predicted octanol–water partition coefficient (Wildman–Crippen LogP) is 3.00. The lowest BCUT2D eigenvalue weighted by molar-refractivity contribution is -0.113. The van der Waals surface area contributed by atoms with Crippen LogP contribution in [0.5, 0.6) is 5.75 Å². The lowest BCUT2D eigenvalue weighted by Gasteiger charge is -2.14. The first kappa shape index (κ1) is 21.4. The van der Waals surface area contributed by atoms with E-state index in [1.165, 1.54) is 23.8 Å². The summed E-state index contributed by atoms with van der Waals surface area (Å²) in [6.45, 7) is 2.60. The van der Waals surface area contributed by atoms with Crippen LogP contribution in [0.3, 0.4) is 0 Å². The van der Waals surface area contributed by atoms with Crippen LogP contribution in [0.25, 0.3) is 11.6 Å². The number of ether oxygens (including phenoxy) is 1. The van der Waals surface area contributed by atoms with Crippen molar-refractivity contribution >= 4 is 29.3 Å². The molecule has 1 N–H and O–H groups in total. The number of rotatable bonds is 8. The van der Waals surface area contributed by atoms with Crippen molar-refractivity contribution in [2.45, 2.75) is 18.6 Å². The summed E-state index contributed by atoms with van der Waals surface area (Å²) in [6.07, 6.45) is 1.58. The molecule has 158 valence electrons. The van der Waals surface area contributed by atoms with E-state index in [2.05, 4.69) is 15.5 Å². The molecular formula is C20H23N5O4S. The molecule has 0 aliphatic rings. The molecule has 1 aromatic carbocycles. The Kier molecular flexibility index (Phi) is 6.78. The highest BCUT2D eigenvalue weighted by molar-refractivity contribution is 7.99. The monoisotopic (exact) mass is 429 g/mol. The highest BCUT2D eigenvalue weighted by Crippen LogP contribution is 2.27. The highest BCUT2D eigenvalue weighted by atomic mass is 32.2. The van der Waals surface area contributed by atoms with E-state index in [1.54, 1.807) is 44.6 Å². The Morgan fingerprint density at radius 3 is 2.70 bits per heavy atom. The first-order valence-corrected chi connectivity index (χ1v) is 10.2. The van der Waals surface area contributed by atoms with Crippen LogP contribution in [-0.2, 0) is 11.3 Å². The van der Waals surface area contributed by atoms with Gasteiger partial charge in [-0.1, -0.05) is 11.8 Å². The van der Waals surface area contributed by atoms with E-state index < -0.39 is 0 Å². The Bertz CT molecular complexity index is 1030. The first-order chi connectivity index (χ1) is 14.4. The molecule has 0 unspecified atom stereocenters. The third kappa shape index (κ3) is 4.65. The maximum Gasteiger partial charge on any atom is 0.253 e. The lowest BCUT2D eigenvalue weighted by atomic mass is 10.1. The minimum atomic E-state index is -0.252. The van der Waals surface area contributed by atoms with Crippen LogP contribution in [0, 0.1) is 0 Å². The average molecular weight is 430 g/mol. The van der Waals surface area contributed by atoms with Crippen molar-refractivity contribution in [2.24, 2.45) is 0 Å². The molecule has 30 heavy (non-hydrogen) atoms. The number of hydrogen-bond donors (Lipinski definition) is 1. The molecule has 2 aromatic heterocycles. The van der Waals surface area contributed by atoms with Crippen molar-refractivity contribution in [3.8, 4) is 17.3 Å². The van der Waals surface area contributed by atoms with Crippen LogP contribution < -0.4 is 10.1 Å².